The Labute approximate surface area is 153 Å². The van der Waals surface area contributed by atoms with E-state index in [-0.39, 0.29) is 0 Å². The van der Waals surface area contributed by atoms with E-state index in [0.717, 1.165) is 43.5 Å². The standard InChI is InChI=1S/C20H24N6/c1-15-3-6-19-23-17(13-25(19)9-15)12-24-10-16-4-5-18(24)14-26(11-16)20-21-7-2-8-22-20/h2-3,6-9,13,16,18H,4-5,10-12,14H2,1H3/t16-,18-/m1/s1. The van der Waals surface area contributed by atoms with Gasteiger partial charge in [0.1, 0.15) is 5.65 Å². The highest BCUT2D eigenvalue weighted by molar-refractivity contribution is 5.41. The van der Waals surface area contributed by atoms with Gasteiger partial charge in [-0.05, 0) is 43.4 Å². The molecule has 0 unspecified atom stereocenters. The molecule has 3 aromatic rings. The molecule has 3 aliphatic rings. The highest BCUT2D eigenvalue weighted by Gasteiger charge is 2.35. The molecule has 0 saturated carbocycles. The van der Waals surface area contributed by atoms with Crippen LogP contribution in [0.25, 0.3) is 5.65 Å². The number of anilines is 1. The largest absolute Gasteiger partial charge is 0.339 e. The first-order chi connectivity index (χ1) is 12.7. The van der Waals surface area contributed by atoms with Gasteiger partial charge in [0.25, 0.3) is 0 Å². The number of rotatable bonds is 3. The second kappa shape index (κ2) is 6.36. The molecule has 0 aromatic carbocycles. The maximum absolute atomic E-state index is 4.82. The zero-order valence-electron chi connectivity index (χ0n) is 15.1. The Balaban J connectivity index is 1.36. The fourth-order valence-corrected chi connectivity index (χ4v) is 4.43. The van der Waals surface area contributed by atoms with Crippen LogP contribution in [0.4, 0.5) is 5.95 Å². The molecule has 6 heteroatoms. The summed E-state index contributed by atoms with van der Waals surface area (Å²) in [6.45, 7) is 6.24. The maximum atomic E-state index is 4.82. The normalized spacial score (nSPS) is 23.5. The van der Waals surface area contributed by atoms with Gasteiger partial charge in [-0.15, -0.1) is 0 Å². The van der Waals surface area contributed by atoms with Crippen LogP contribution in [0.5, 0.6) is 0 Å². The summed E-state index contributed by atoms with van der Waals surface area (Å²) < 4.78 is 2.14. The number of pyridine rings is 1. The minimum atomic E-state index is 0.545. The van der Waals surface area contributed by atoms with E-state index in [2.05, 4.69) is 55.6 Å². The summed E-state index contributed by atoms with van der Waals surface area (Å²) >= 11 is 0. The molecule has 0 amide bonds. The third-order valence-electron chi connectivity index (χ3n) is 5.68. The lowest BCUT2D eigenvalue weighted by Gasteiger charge is -2.35. The summed E-state index contributed by atoms with van der Waals surface area (Å²) in [6.07, 6.45) is 10.6. The smallest absolute Gasteiger partial charge is 0.225 e. The molecule has 26 heavy (non-hydrogen) atoms. The van der Waals surface area contributed by atoms with Crippen molar-refractivity contribution < 1.29 is 0 Å². The molecule has 0 aliphatic carbocycles. The van der Waals surface area contributed by atoms with Gasteiger partial charge >= 0.3 is 0 Å². The van der Waals surface area contributed by atoms with Gasteiger partial charge in [0.2, 0.25) is 5.95 Å². The molecule has 3 aromatic heterocycles. The second-order valence-electron chi connectivity index (χ2n) is 7.68. The van der Waals surface area contributed by atoms with E-state index in [0.29, 0.717) is 12.0 Å². The van der Waals surface area contributed by atoms with Crippen molar-refractivity contribution in [1.82, 2.24) is 24.3 Å². The number of imidazole rings is 1. The Hall–Kier alpha value is -2.47. The number of aryl methyl sites for hydroxylation is 1. The van der Waals surface area contributed by atoms with Crippen LogP contribution in [0.15, 0.2) is 43.0 Å². The summed E-state index contributed by atoms with van der Waals surface area (Å²) in [6, 6.07) is 6.65. The predicted molar refractivity (Wildman–Crippen MR) is 101 cm³/mol. The molecule has 2 atom stereocenters. The molecule has 6 rings (SSSR count). The highest BCUT2D eigenvalue weighted by Crippen LogP contribution is 2.30. The maximum Gasteiger partial charge on any atom is 0.225 e. The van der Waals surface area contributed by atoms with Gasteiger partial charge in [0, 0.05) is 57.0 Å². The second-order valence-corrected chi connectivity index (χ2v) is 7.68. The lowest BCUT2D eigenvalue weighted by atomic mass is 9.95. The van der Waals surface area contributed by atoms with Crippen LogP contribution in [0.3, 0.4) is 0 Å². The van der Waals surface area contributed by atoms with Crippen molar-refractivity contribution in [2.75, 3.05) is 24.5 Å². The van der Waals surface area contributed by atoms with E-state index in [1.54, 1.807) is 0 Å². The number of nitrogens with zero attached hydrogens (tertiary/aromatic N) is 6. The molecule has 3 fully saturated rings. The minimum Gasteiger partial charge on any atom is -0.339 e. The molecule has 0 N–H and O–H groups in total. The Morgan fingerprint density at radius 3 is 2.81 bits per heavy atom. The van der Waals surface area contributed by atoms with Crippen molar-refractivity contribution in [3.8, 4) is 0 Å². The lowest BCUT2D eigenvalue weighted by molar-refractivity contribution is 0.125. The van der Waals surface area contributed by atoms with Crippen LogP contribution >= 0.6 is 0 Å². The third kappa shape index (κ3) is 2.94. The van der Waals surface area contributed by atoms with E-state index in [9.17, 15) is 0 Å². The van der Waals surface area contributed by atoms with Gasteiger partial charge in [-0.2, -0.15) is 0 Å². The van der Waals surface area contributed by atoms with Crippen LogP contribution in [0, 0.1) is 12.8 Å². The van der Waals surface area contributed by atoms with Gasteiger partial charge in [0.15, 0.2) is 0 Å². The molecular formula is C20H24N6. The SMILES string of the molecule is Cc1ccc2nc(CN3C[C@H]4CC[C@@H]3CN(c3ncccn3)C4)cn2c1. The minimum absolute atomic E-state index is 0.545. The zero-order chi connectivity index (χ0) is 17.5. The molecule has 6 heterocycles. The fourth-order valence-electron chi connectivity index (χ4n) is 4.43. The molecule has 2 bridgehead atoms. The third-order valence-corrected chi connectivity index (χ3v) is 5.68. The van der Waals surface area contributed by atoms with Crippen LogP contribution < -0.4 is 4.90 Å². The van der Waals surface area contributed by atoms with Crippen LogP contribution in [-0.2, 0) is 6.54 Å². The van der Waals surface area contributed by atoms with Crippen molar-refractivity contribution in [3.05, 3.63) is 54.2 Å². The van der Waals surface area contributed by atoms with Gasteiger partial charge in [0.05, 0.1) is 5.69 Å². The molecule has 3 aliphatic heterocycles. The first kappa shape index (κ1) is 15.8. The highest BCUT2D eigenvalue weighted by atomic mass is 15.3. The van der Waals surface area contributed by atoms with E-state index in [1.165, 1.54) is 18.4 Å². The number of aromatic nitrogens is 4. The average molecular weight is 348 g/mol. The van der Waals surface area contributed by atoms with Gasteiger partial charge < -0.3 is 9.30 Å². The first-order valence-electron chi connectivity index (χ1n) is 9.45. The topological polar surface area (TPSA) is 49.6 Å². The number of hydrogen-bond donors (Lipinski definition) is 0. The number of piperidine rings is 1. The van der Waals surface area contributed by atoms with Crippen molar-refractivity contribution in [2.45, 2.75) is 32.4 Å². The van der Waals surface area contributed by atoms with E-state index in [1.807, 2.05) is 18.5 Å². The lowest BCUT2D eigenvalue weighted by Crippen LogP contribution is -2.43. The molecular weight excluding hydrogens is 324 g/mol. The van der Waals surface area contributed by atoms with E-state index < -0.39 is 0 Å². The summed E-state index contributed by atoms with van der Waals surface area (Å²) in [5.41, 5.74) is 3.45. The van der Waals surface area contributed by atoms with Crippen LogP contribution in [0.2, 0.25) is 0 Å². The average Bonchev–Trinajstić information content (AvgIpc) is 2.83. The summed E-state index contributed by atoms with van der Waals surface area (Å²) in [4.78, 5) is 18.7. The van der Waals surface area contributed by atoms with Crippen molar-refractivity contribution in [2.24, 2.45) is 5.92 Å². The summed E-state index contributed by atoms with van der Waals surface area (Å²) in [5, 5.41) is 0. The van der Waals surface area contributed by atoms with Crippen molar-refractivity contribution in [3.63, 3.8) is 0 Å². The fraction of sp³-hybridized carbons (Fsp3) is 0.450. The molecule has 0 spiro atoms. The summed E-state index contributed by atoms with van der Waals surface area (Å²) in [7, 11) is 0. The quantitative estimate of drug-likeness (QED) is 0.728. The monoisotopic (exact) mass is 348 g/mol. The summed E-state index contributed by atoms with van der Waals surface area (Å²) in [5.74, 6) is 1.55. The van der Waals surface area contributed by atoms with Crippen molar-refractivity contribution in [1.29, 1.82) is 0 Å². The Bertz CT molecular complexity index is 905. The van der Waals surface area contributed by atoms with Crippen LogP contribution in [-0.4, -0.2) is 49.9 Å². The number of hydrogen-bond acceptors (Lipinski definition) is 5. The molecule has 3 saturated heterocycles. The Morgan fingerprint density at radius 2 is 1.92 bits per heavy atom. The van der Waals surface area contributed by atoms with E-state index in [4.69, 9.17) is 4.98 Å². The molecule has 0 radical (unpaired) electrons. The van der Waals surface area contributed by atoms with Gasteiger partial charge in [-0.1, -0.05) is 6.07 Å². The Kier molecular flexibility index (Phi) is 3.85. The molecule has 134 valence electrons. The number of fused-ring (bicyclic) bond motifs is 5. The first-order valence-corrected chi connectivity index (χ1v) is 9.45. The zero-order valence-corrected chi connectivity index (χ0v) is 15.1. The predicted octanol–water partition coefficient (Wildman–Crippen LogP) is 2.53. The van der Waals surface area contributed by atoms with Gasteiger partial charge in [-0.3, -0.25) is 4.90 Å². The Morgan fingerprint density at radius 1 is 1.04 bits per heavy atom. The van der Waals surface area contributed by atoms with Gasteiger partial charge in [-0.25, -0.2) is 15.0 Å². The van der Waals surface area contributed by atoms with Crippen molar-refractivity contribution >= 4 is 11.6 Å². The van der Waals surface area contributed by atoms with Crippen LogP contribution in [0.1, 0.15) is 24.1 Å². The molecule has 6 nitrogen and oxygen atoms in total. The van der Waals surface area contributed by atoms with E-state index >= 15 is 0 Å².